The lowest BCUT2D eigenvalue weighted by Gasteiger charge is -2.08. The Morgan fingerprint density at radius 3 is 2.86 bits per heavy atom. The summed E-state index contributed by atoms with van der Waals surface area (Å²) in [5, 5.41) is 13.8. The van der Waals surface area contributed by atoms with E-state index in [0.29, 0.717) is 27.2 Å². The van der Waals surface area contributed by atoms with Gasteiger partial charge < -0.3 is 4.98 Å². The van der Waals surface area contributed by atoms with Crippen molar-refractivity contribution in [1.29, 1.82) is 5.26 Å². The van der Waals surface area contributed by atoms with Crippen LogP contribution in [-0.4, -0.2) is 23.2 Å². The van der Waals surface area contributed by atoms with Crippen LogP contribution < -0.4 is 4.72 Å². The molecule has 3 aromatic rings. The summed E-state index contributed by atoms with van der Waals surface area (Å²) in [5.74, 6) is 0. The number of H-pyrrole nitrogens is 1. The van der Waals surface area contributed by atoms with E-state index in [9.17, 15) is 8.42 Å². The lowest BCUT2D eigenvalue weighted by molar-refractivity contribution is 0.601. The summed E-state index contributed by atoms with van der Waals surface area (Å²) in [6.45, 7) is 0. The maximum absolute atomic E-state index is 12.3. The third-order valence-electron chi connectivity index (χ3n) is 3.14. The smallest absolute Gasteiger partial charge is 0.265 e. The first-order chi connectivity index (χ1) is 10.4. The summed E-state index contributed by atoms with van der Waals surface area (Å²) in [6.07, 6.45) is 4.13. The minimum atomic E-state index is -3.77. The van der Waals surface area contributed by atoms with Gasteiger partial charge in [-0.1, -0.05) is 11.6 Å². The Morgan fingerprint density at radius 2 is 2.23 bits per heavy atom. The van der Waals surface area contributed by atoms with E-state index in [1.54, 1.807) is 13.1 Å². The SMILES string of the molecule is Cn1cc(S(=O)(=O)Nc2ccc(Cl)c3c(C#N)c[nH]c23)cn1. The number of anilines is 1. The van der Waals surface area contributed by atoms with Gasteiger partial charge in [-0.3, -0.25) is 9.40 Å². The van der Waals surface area contributed by atoms with Crippen LogP contribution in [0.1, 0.15) is 5.56 Å². The van der Waals surface area contributed by atoms with Gasteiger partial charge in [0.05, 0.1) is 28.0 Å². The number of nitrogens with one attached hydrogen (secondary N) is 2. The summed E-state index contributed by atoms with van der Waals surface area (Å²) >= 11 is 6.08. The largest absolute Gasteiger partial charge is 0.358 e. The molecule has 0 spiro atoms. The molecule has 7 nitrogen and oxygen atoms in total. The zero-order valence-electron chi connectivity index (χ0n) is 11.3. The predicted octanol–water partition coefficient (Wildman–Crippen LogP) is 2.23. The highest BCUT2D eigenvalue weighted by Crippen LogP contribution is 2.32. The average molecular weight is 336 g/mol. The standard InChI is InChI=1S/C13H10ClN5O2S/c1-19-7-9(6-17-19)22(20,21)18-11-3-2-10(14)12-8(4-15)5-16-13(11)12/h2-3,5-7,16,18H,1H3. The molecule has 0 bridgehead atoms. The van der Waals surface area contributed by atoms with Crippen molar-refractivity contribution >= 4 is 38.2 Å². The molecule has 22 heavy (non-hydrogen) atoms. The fraction of sp³-hybridized carbons (Fsp3) is 0.0769. The van der Waals surface area contributed by atoms with Crippen molar-refractivity contribution < 1.29 is 8.42 Å². The van der Waals surface area contributed by atoms with E-state index in [1.165, 1.54) is 29.3 Å². The number of hydrogen-bond donors (Lipinski definition) is 2. The Labute approximate surface area is 131 Å². The molecule has 0 fully saturated rings. The fourth-order valence-corrected chi connectivity index (χ4v) is 3.44. The van der Waals surface area contributed by atoms with Crippen molar-refractivity contribution in [3.8, 4) is 6.07 Å². The van der Waals surface area contributed by atoms with E-state index in [-0.39, 0.29) is 4.90 Å². The summed E-state index contributed by atoms with van der Waals surface area (Å²) in [7, 11) is -2.14. The molecule has 112 valence electrons. The van der Waals surface area contributed by atoms with Gasteiger partial charge in [0.1, 0.15) is 11.0 Å². The Kier molecular flexibility index (Phi) is 3.31. The molecule has 0 aliphatic carbocycles. The number of benzene rings is 1. The van der Waals surface area contributed by atoms with Crippen LogP contribution in [0.3, 0.4) is 0 Å². The molecule has 0 aliphatic rings. The van der Waals surface area contributed by atoms with Crippen LogP contribution in [0, 0.1) is 11.3 Å². The van der Waals surface area contributed by atoms with Gasteiger partial charge in [0.15, 0.2) is 0 Å². The van der Waals surface area contributed by atoms with Crippen LogP contribution in [0.4, 0.5) is 5.69 Å². The number of sulfonamides is 1. The van der Waals surface area contributed by atoms with Gasteiger partial charge in [-0.25, -0.2) is 8.42 Å². The molecule has 0 saturated carbocycles. The molecular formula is C13H10ClN5O2S. The fourth-order valence-electron chi connectivity index (χ4n) is 2.12. The zero-order chi connectivity index (χ0) is 15.9. The van der Waals surface area contributed by atoms with Gasteiger partial charge in [0.25, 0.3) is 10.0 Å². The van der Waals surface area contributed by atoms with Gasteiger partial charge in [0, 0.05) is 24.8 Å². The summed E-state index contributed by atoms with van der Waals surface area (Å²) in [4.78, 5) is 2.92. The van der Waals surface area contributed by atoms with E-state index < -0.39 is 10.0 Å². The van der Waals surface area contributed by atoms with E-state index in [2.05, 4.69) is 14.8 Å². The second-order valence-corrected chi connectivity index (χ2v) is 6.70. The number of aryl methyl sites for hydroxylation is 1. The molecular weight excluding hydrogens is 326 g/mol. The molecule has 2 aromatic heterocycles. The van der Waals surface area contributed by atoms with Crippen LogP contribution in [0.2, 0.25) is 5.02 Å². The topological polar surface area (TPSA) is 104 Å². The molecule has 0 atom stereocenters. The molecule has 0 radical (unpaired) electrons. The van der Waals surface area contributed by atoms with Crippen molar-refractivity contribution in [2.24, 2.45) is 7.05 Å². The monoisotopic (exact) mass is 335 g/mol. The summed E-state index contributed by atoms with van der Waals surface area (Å²) < 4.78 is 28.6. The first-order valence-electron chi connectivity index (χ1n) is 6.13. The maximum Gasteiger partial charge on any atom is 0.265 e. The first kappa shape index (κ1) is 14.4. The van der Waals surface area contributed by atoms with Crippen LogP contribution in [0.25, 0.3) is 10.9 Å². The number of hydrogen-bond acceptors (Lipinski definition) is 4. The Bertz CT molecular complexity index is 1010. The average Bonchev–Trinajstić information content (AvgIpc) is 3.08. The van der Waals surface area contributed by atoms with Crippen LogP contribution in [0.5, 0.6) is 0 Å². The van der Waals surface area contributed by atoms with Gasteiger partial charge in [0.2, 0.25) is 0 Å². The van der Waals surface area contributed by atoms with Crippen LogP contribution >= 0.6 is 11.6 Å². The van der Waals surface area contributed by atoms with E-state index in [4.69, 9.17) is 16.9 Å². The molecule has 2 heterocycles. The highest BCUT2D eigenvalue weighted by Gasteiger charge is 2.19. The Hall–Kier alpha value is -2.50. The number of halogens is 1. The maximum atomic E-state index is 12.3. The van der Waals surface area contributed by atoms with Crippen molar-refractivity contribution in [2.45, 2.75) is 4.90 Å². The number of nitrogens with zero attached hydrogens (tertiary/aromatic N) is 3. The predicted molar refractivity (Wildman–Crippen MR) is 82.0 cm³/mol. The van der Waals surface area contributed by atoms with Crippen molar-refractivity contribution in [3.05, 3.63) is 41.3 Å². The molecule has 2 N–H and O–H groups in total. The highest BCUT2D eigenvalue weighted by atomic mass is 35.5. The lowest BCUT2D eigenvalue weighted by atomic mass is 10.1. The van der Waals surface area contributed by atoms with Crippen molar-refractivity contribution in [1.82, 2.24) is 14.8 Å². The second-order valence-electron chi connectivity index (χ2n) is 4.61. The number of aromatic nitrogens is 3. The number of aromatic amines is 1. The van der Waals surface area contributed by atoms with E-state index >= 15 is 0 Å². The number of fused-ring (bicyclic) bond motifs is 1. The highest BCUT2D eigenvalue weighted by molar-refractivity contribution is 7.92. The Morgan fingerprint density at radius 1 is 1.45 bits per heavy atom. The molecule has 0 amide bonds. The van der Waals surface area contributed by atoms with E-state index in [1.807, 2.05) is 6.07 Å². The van der Waals surface area contributed by atoms with Gasteiger partial charge in [-0.05, 0) is 12.1 Å². The number of rotatable bonds is 3. The molecule has 9 heteroatoms. The van der Waals surface area contributed by atoms with Gasteiger partial charge >= 0.3 is 0 Å². The van der Waals surface area contributed by atoms with E-state index in [0.717, 1.165) is 0 Å². The molecule has 0 saturated heterocycles. The minimum absolute atomic E-state index is 0.0464. The molecule has 0 aliphatic heterocycles. The zero-order valence-corrected chi connectivity index (χ0v) is 12.9. The third-order valence-corrected chi connectivity index (χ3v) is 4.78. The Balaban J connectivity index is 2.11. The van der Waals surface area contributed by atoms with Crippen molar-refractivity contribution in [3.63, 3.8) is 0 Å². The van der Waals surface area contributed by atoms with Crippen molar-refractivity contribution in [2.75, 3.05) is 4.72 Å². The summed E-state index contributed by atoms with van der Waals surface area (Å²) in [6, 6.07) is 5.09. The quantitative estimate of drug-likeness (QED) is 0.765. The summed E-state index contributed by atoms with van der Waals surface area (Å²) in [5.41, 5.74) is 1.11. The number of nitriles is 1. The van der Waals surface area contributed by atoms with Gasteiger partial charge in [-0.2, -0.15) is 10.4 Å². The minimum Gasteiger partial charge on any atom is -0.358 e. The molecule has 3 rings (SSSR count). The first-order valence-corrected chi connectivity index (χ1v) is 7.99. The van der Waals surface area contributed by atoms with Crippen LogP contribution in [-0.2, 0) is 17.1 Å². The molecule has 0 unspecified atom stereocenters. The second kappa shape index (κ2) is 5.05. The normalized spacial score (nSPS) is 11.5. The molecule has 1 aromatic carbocycles. The third kappa shape index (κ3) is 2.30. The van der Waals surface area contributed by atoms with Crippen LogP contribution in [0.15, 0.2) is 35.6 Å². The van der Waals surface area contributed by atoms with Gasteiger partial charge in [-0.15, -0.1) is 0 Å². The lowest BCUT2D eigenvalue weighted by Crippen LogP contribution is -2.12.